The van der Waals surface area contributed by atoms with Crippen LogP contribution in [0.5, 0.6) is 0 Å². The van der Waals surface area contributed by atoms with E-state index >= 15 is 0 Å². The molecule has 1 aliphatic heterocycles. The SMILES string of the molecule is CCN1Cc2ccccc2[C@@H](COS(=O)(=O)c2ccc(C)cc2)[C@@H]1c1ccccc1. The van der Waals surface area contributed by atoms with Gasteiger partial charge in [0.15, 0.2) is 0 Å². The van der Waals surface area contributed by atoms with E-state index in [0.717, 1.165) is 24.2 Å². The molecule has 1 aliphatic rings. The van der Waals surface area contributed by atoms with Crippen molar-refractivity contribution in [2.45, 2.75) is 37.2 Å². The van der Waals surface area contributed by atoms with E-state index in [-0.39, 0.29) is 23.5 Å². The molecule has 0 fully saturated rings. The van der Waals surface area contributed by atoms with E-state index in [2.05, 4.69) is 36.1 Å². The molecule has 0 N–H and O–H groups in total. The van der Waals surface area contributed by atoms with E-state index < -0.39 is 10.1 Å². The molecule has 5 heteroatoms. The number of hydrogen-bond acceptors (Lipinski definition) is 4. The number of rotatable bonds is 6. The van der Waals surface area contributed by atoms with E-state index in [9.17, 15) is 8.42 Å². The molecule has 156 valence electrons. The van der Waals surface area contributed by atoms with Crippen molar-refractivity contribution in [3.8, 4) is 0 Å². The monoisotopic (exact) mass is 421 g/mol. The average molecular weight is 422 g/mol. The first-order valence-corrected chi connectivity index (χ1v) is 11.7. The van der Waals surface area contributed by atoms with Crippen molar-refractivity contribution < 1.29 is 12.6 Å². The van der Waals surface area contributed by atoms with Gasteiger partial charge in [-0.25, -0.2) is 0 Å². The van der Waals surface area contributed by atoms with Gasteiger partial charge in [0.2, 0.25) is 0 Å². The van der Waals surface area contributed by atoms with Gasteiger partial charge in [-0.1, -0.05) is 79.2 Å². The maximum absolute atomic E-state index is 12.9. The summed E-state index contributed by atoms with van der Waals surface area (Å²) in [7, 11) is -3.83. The average Bonchev–Trinajstić information content (AvgIpc) is 2.77. The minimum Gasteiger partial charge on any atom is -0.292 e. The Balaban J connectivity index is 1.69. The van der Waals surface area contributed by atoms with Crippen molar-refractivity contribution in [3.63, 3.8) is 0 Å². The molecule has 4 rings (SSSR count). The first-order chi connectivity index (χ1) is 14.5. The first kappa shape index (κ1) is 20.8. The summed E-state index contributed by atoms with van der Waals surface area (Å²) in [5.74, 6) is -0.0856. The molecule has 0 saturated carbocycles. The lowest BCUT2D eigenvalue weighted by Crippen LogP contribution is -2.39. The zero-order chi connectivity index (χ0) is 21.1. The van der Waals surface area contributed by atoms with Gasteiger partial charge in [0.05, 0.1) is 11.5 Å². The van der Waals surface area contributed by atoms with Gasteiger partial charge in [0.1, 0.15) is 0 Å². The second-order valence-corrected chi connectivity index (χ2v) is 9.39. The van der Waals surface area contributed by atoms with E-state index in [1.165, 1.54) is 11.1 Å². The predicted molar refractivity (Wildman–Crippen MR) is 119 cm³/mol. The van der Waals surface area contributed by atoms with Crippen LogP contribution in [0.25, 0.3) is 0 Å². The third kappa shape index (κ3) is 4.19. The predicted octanol–water partition coefficient (Wildman–Crippen LogP) is 5.06. The highest BCUT2D eigenvalue weighted by Crippen LogP contribution is 2.43. The largest absolute Gasteiger partial charge is 0.296 e. The van der Waals surface area contributed by atoms with Crippen molar-refractivity contribution in [1.82, 2.24) is 4.90 Å². The second-order valence-electron chi connectivity index (χ2n) is 7.78. The zero-order valence-electron chi connectivity index (χ0n) is 17.4. The van der Waals surface area contributed by atoms with Gasteiger partial charge in [-0.3, -0.25) is 9.08 Å². The summed E-state index contributed by atoms with van der Waals surface area (Å²) in [6, 6.07) is 25.4. The van der Waals surface area contributed by atoms with Crippen molar-refractivity contribution in [2.75, 3.05) is 13.2 Å². The number of hydrogen-bond donors (Lipinski definition) is 0. The minimum atomic E-state index is -3.83. The van der Waals surface area contributed by atoms with E-state index in [4.69, 9.17) is 4.18 Å². The molecule has 0 saturated heterocycles. The Morgan fingerprint density at radius 2 is 1.60 bits per heavy atom. The molecule has 3 aromatic rings. The molecule has 0 radical (unpaired) electrons. The van der Waals surface area contributed by atoms with Gasteiger partial charge in [-0.05, 0) is 42.3 Å². The molecule has 0 aromatic heterocycles. The van der Waals surface area contributed by atoms with Crippen LogP contribution in [0.3, 0.4) is 0 Å². The van der Waals surface area contributed by atoms with Crippen LogP contribution in [-0.4, -0.2) is 26.5 Å². The highest BCUT2D eigenvalue weighted by atomic mass is 32.2. The Morgan fingerprint density at radius 1 is 0.933 bits per heavy atom. The summed E-state index contributed by atoms with van der Waals surface area (Å²) in [5.41, 5.74) is 4.58. The third-order valence-electron chi connectivity index (χ3n) is 5.86. The maximum Gasteiger partial charge on any atom is 0.296 e. The van der Waals surface area contributed by atoms with Gasteiger partial charge in [0.25, 0.3) is 10.1 Å². The fourth-order valence-corrected chi connectivity index (χ4v) is 5.23. The molecule has 1 heterocycles. The lowest BCUT2D eigenvalue weighted by atomic mass is 9.80. The van der Waals surface area contributed by atoms with Crippen LogP contribution in [0.2, 0.25) is 0 Å². The zero-order valence-corrected chi connectivity index (χ0v) is 18.2. The summed E-state index contributed by atoms with van der Waals surface area (Å²) >= 11 is 0. The second kappa shape index (κ2) is 8.72. The van der Waals surface area contributed by atoms with Crippen LogP contribution in [0, 0.1) is 6.92 Å². The van der Waals surface area contributed by atoms with Crippen LogP contribution >= 0.6 is 0 Å². The summed E-state index contributed by atoms with van der Waals surface area (Å²) in [6.45, 7) is 5.89. The smallest absolute Gasteiger partial charge is 0.292 e. The van der Waals surface area contributed by atoms with Crippen molar-refractivity contribution in [3.05, 3.63) is 101 Å². The fourth-order valence-electron chi connectivity index (χ4n) is 4.30. The number of benzene rings is 3. The molecule has 0 spiro atoms. The van der Waals surface area contributed by atoms with Gasteiger partial charge in [-0.15, -0.1) is 0 Å². The number of fused-ring (bicyclic) bond motifs is 1. The Kier molecular flexibility index (Phi) is 6.04. The van der Waals surface area contributed by atoms with Crippen molar-refractivity contribution >= 4 is 10.1 Å². The van der Waals surface area contributed by atoms with Crippen LogP contribution in [0.1, 0.15) is 41.1 Å². The van der Waals surface area contributed by atoms with Crippen molar-refractivity contribution in [2.24, 2.45) is 0 Å². The third-order valence-corrected chi connectivity index (χ3v) is 7.16. The highest BCUT2D eigenvalue weighted by molar-refractivity contribution is 7.86. The van der Waals surface area contributed by atoms with Crippen LogP contribution in [0.15, 0.2) is 83.8 Å². The molecule has 0 amide bonds. The molecular weight excluding hydrogens is 394 g/mol. The lowest BCUT2D eigenvalue weighted by molar-refractivity contribution is 0.125. The molecule has 0 aliphatic carbocycles. The minimum absolute atomic E-state index is 0.0549. The molecule has 2 atom stereocenters. The quantitative estimate of drug-likeness (QED) is 0.522. The highest BCUT2D eigenvalue weighted by Gasteiger charge is 2.36. The molecule has 30 heavy (non-hydrogen) atoms. The Labute approximate surface area is 179 Å². The summed E-state index contributed by atoms with van der Waals surface area (Å²) in [4.78, 5) is 2.59. The number of nitrogens with zero attached hydrogens (tertiary/aromatic N) is 1. The van der Waals surface area contributed by atoms with E-state index in [1.807, 2.05) is 37.3 Å². The van der Waals surface area contributed by atoms with Gasteiger partial charge in [0, 0.05) is 18.5 Å². The fraction of sp³-hybridized carbons (Fsp3) is 0.280. The van der Waals surface area contributed by atoms with E-state index in [1.54, 1.807) is 24.3 Å². The Hall–Kier alpha value is -2.47. The van der Waals surface area contributed by atoms with E-state index in [0.29, 0.717) is 0 Å². The molecular formula is C25H27NO3S. The number of likely N-dealkylation sites (N-methyl/N-ethyl adjacent to an activating group) is 1. The first-order valence-electron chi connectivity index (χ1n) is 10.3. The summed E-state index contributed by atoms with van der Waals surface area (Å²) in [6.07, 6.45) is 0. The van der Waals surface area contributed by atoms with Gasteiger partial charge in [-0.2, -0.15) is 8.42 Å². The number of aryl methyl sites for hydroxylation is 1. The van der Waals surface area contributed by atoms with Crippen molar-refractivity contribution in [1.29, 1.82) is 0 Å². The lowest BCUT2D eigenvalue weighted by Gasteiger charge is -2.42. The normalized spacial score (nSPS) is 19.4. The van der Waals surface area contributed by atoms with Gasteiger partial charge >= 0.3 is 0 Å². The maximum atomic E-state index is 12.9. The van der Waals surface area contributed by atoms with Gasteiger partial charge < -0.3 is 0 Å². The summed E-state index contributed by atoms with van der Waals surface area (Å²) < 4.78 is 31.4. The molecule has 0 unspecified atom stereocenters. The Bertz CT molecular complexity index is 1090. The van der Waals surface area contributed by atoms with Crippen LogP contribution in [0.4, 0.5) is 0 Å². The summed E-state index contributed by atoms with van der Waals surface area (Å²) in [5, 5.41) is 0. The van der Waals surface area contributed by atoms with Crippen LogP contribution in [-0.2, 0) is 20.8 Å². The topological polar surface area (TPSA) is 46.6 Å². The standard InChI is InChI=1S/C25H27NO3S/c1-3-26-17-21-11-7-8-12-23(21)24(25(26)20-9-5-4-6-10-20)18-29-30(27,28)22-15-13-19(2)14-16-22/h4-16,24-25H,3,17-18H2,1-2H3/t24-,25+/m1/s1. The molecule has 3 aromatic carbocycles. The van der Waals surface area contributed by atoms with Crippen LogP contribution < -0.4 is 0 Å². The molecule has 0 bridgehead atoms. The molecule has 4 nitrogen and oxygen atoms in total. The Morgan fingerprint density at radius 3 is 2.30 bits per heavy atom.